The van der Waals surface area contributed by atoms with E-state index < -0.39 is 12.1 Å². The van der Waals surface area contributed by atoms with E-state index >= 15 is 0 Å². The second-order valence-electron chi connectivity index (χ2n) is 0.785. The van der Waals surface area contributed by atoms with Crippen molar-refractivity contribution in [2.45, 2.75) is 6.18 Å². The van der Waals surface area contributed by atoms with E-state index in [1.807, 2.05) is 0 Å². The zero-order valence-electron chi connectivity index (χ0n) is 3.27. The Kier molecular flexibility index (Phi) is 3.90. The minimum absolute atomic E-state index is 0. The van der Waals surface area contributed by atoms with E-state index in [0.717, 1.165) is 0 Å². The third-order valence-corrected chi connectivity index (χ3v) is 0.231. The Morgan fingerprint density at radius 2 is 1.50 bits per heavy atom. The van der Waals surface area contributed by atoms with Crippen LogP contribution in [0, 0.1) is 0 Å². The topological polar surface area (TPSA) is 40.1 Å². The van der Waals surface area contributed by atoms with Crippen LogP contribution >= 0.6 is 0 Å². The molecule has 0 unspecified atom stereocenters. The van der Waals surface area contributed by atoms with Crippen LogP contribution in [-0.2, 0) is 21.3 Å². The molecule has 0 saturated heterocycles. The standard InChI is InChI=1S/C2HF3O2.Ni/c3-2(4,5)1(6)7;/h(H,6,7);/q;+2/p-1. The molecule has 0 heterocycles. The fraction of sp³-hybridized carbons (Fsp3) is 0.500. The van der Waals surface area contributed by atoms with Gasteiger partial charge in [-0.05, 0) is 0 Å². The van der Waals surface area contributed by atoms with Crippen molar-refractivity contribution >= 4 is 5.97 Å². The summed E-state index contributed by atoms with van der Waals surface area (Å²) in [6.07, 6.45) is -5.19. The van der Waals surface area contributed by atoms with Crippen molar-refractivity contribution in [3.05, 3.63) is 0 Å². The van der Waals surface area contributed by atoms with E-state index in [-0.39, 0.29) is 16.5 Å². The molecule has 0 spiro atoms. The van der Waals surface area contributed by atoms with Crippen LogP contribution in [0.1, 0.15) is 0 Å². The zero-order valence-corrected chi connectivity index (χ0v) is 4.25. The van der Waals surface area contributed by atoms with E-state index in [4.69, 9.17) is 9.90 Å². The Hall–Kier alpha value is -0.246. The van der Waals surface area contributed by atoms with Gasteiger partial charge in [-0.1, -0.05) is 0 Å². The van der Waals surface area contributed by atoms with Gasteiger partial charge in [0.05, 0.1) is 0 Å². The predicted octanol–water partition coefficient (Wildman–Crippen LogP) is -0.704. The van der Waals surface area contributed by atoms with Gasteiger partial charge in [-0.3, -0.25) is 0 Å². The maximum absolute atomic E-state index is 10.5. The van der Waals surface area contributed by atoms with Crippen LogP contribution in [0.15, 0.2) is 0 Å². The summed E-state index contributed by atoms with van der Waals surface area (Å²) in [5, 5.41) is 8.78. The molecule has 0 aliphatic rings. The predicted molar refractivity (Wildman–Crippen MR) is 11.1 cm³/mol. The quantitative estimate of drug-likeness (QED) is 0.452. The SMILES string of the molecule is O=C([O-])C(F)(F)F.[Ni+2]. The van der Waals surface area contributed by atoms with Crippen molar-refractivity contribution < 1.29 is 39.6 Å². The maximum atomic E-state index is 10.5. The molecule has 0 saturated carbocycles. The smallest absolute Gasteiger partial charge is 0.542 e. The van der Waals surface area contributed by atoms with Crippen molar-refractivity contribution in [1.29, 1.82) is 0 Å². The van der Waals surface area contributed by atoms with Crippen LogP contribution in [0.3, 0.4) is 0 Å². The van der Waals surface area contributed by atoms with Crippen molar-refractivity contribution in [1.82, 2.24) is 0 Å². The first kappa shape index (κ1) is 10.7. The van der Waals surface area contributed by atoms with Crippen LogP contribution in [0.2, 0.25) is 0 Å². The van der Waals surface area contributed by atoms with Crippen LogP contribution < -0.4 is 5.11 Å². The molecule has 0 aromatic rings. The summed E-state index contributed by atoms with van der Waals surface area (Å²) in [7, 11) is 0. The molecule has 0 bridgehead atoms. The van der Waals surface area contributed by atoms with Crippen molar-refractivity contribution in [3.8, 4) is 0 Å². The molecule has 0 aromatic heterocycles. The van der Waals surface area contributed by atoms with Gasteiger partial charge >= 0.3 is 22.7 Å². The molecular weight excluding hydrogens is 172 g/mol. The van der Waals surface area contributed by atoms with E-state index in [9.17, 15) is 13.2 Å². The van der Waals surface area contributed by atoms with Gasteiger partial charge in [0.2, 0.25) is 0 Å². The fourth-order valence-electron chi connectivity index (χ4n) is 0. The van der Waals surface area contributed by atoms with Gasteiger partial charge in [0.15, 0.2) is 0 Å². The Morgan fingerprint density at radius 1 is 1.38 bits per heavy atom. The van der Waals surface area contributed by atoms with Crippen molar-refractivity contribution in [2.75, 3.05) is 0 Å². The van der Waals surface area contributed by atoms with Gasteiger partial charge in [0.25, 0.3) is 0 Å². The molecule has 6 heteroatoms. The molecule has 0 aliphatic carbocycles. The third kappa shape index (κ3) is 3.93. The Bertz CT molecular complexity index is 87.8. The molecule has 0 rings (SSSR count). The van der Waals surface area contributed by atoms with Gasteiger partial charge in [-0.2, -0.15) is 13.2 Å². The first-order chi connectivity index (χ1) is 2.94. The number of aliphatic carboxylic acids is 1. The number of carboxylic acids is 1. The molecule has 0 fully saturated rings. The number of carboxylic acid groups (broad SMARTS) is 1. The van der Waals surface area contributed by atoms with E-state index in [0.29, 0.717) is 0 Å². The average molecular weight is 172 g/mol. The monoisotopic (exact) mass is 171 g/mol. The Labute approximate surface area is 52.6 Å². The summed E-state index contributed by atoms with van der Waals surface area (Å²) in [6.45, 7) is 0. The number of carbonyl (C=O) groups is 1. The molecule has 50 valence electrons. The van der Waals surface area contributed by atoms with Gasteiger partial charge in [-0.25, -0.2) is 0 Å². The second-order valence-corrected chi connectivity index (χ2v) is 0.785. The molecule has 8 heavy (non-hydrogen) atoms. The summed E-state index contributed by atoms with van der Waals surface area (Å²) < 4.78 is 31.5. The third-order valence-electron chi connectivity index (χ3n) is 0.231. The van der Waals surface area contributed by atoms with Crippen molar-refractivity contribution in [2.24, 2.45) is 0 Å². The van der Waals surface area contributed by atoms with Gasteiger partial charge < -0.3 is 9.90 Å². The Balaban J connectivity index is 0. The zero-order chi connectivity index (χ0) is 6.08. The summed E-state index contributed by atoms with van der Waals surface area (Å²) in [5.74, 6) is -3.01. The number of rotatable bonds is 0. The summed E-state index contributed by atoms with van der Waals surface area (Å²) in [4.78, 5) is 8.78. The number of hydrogen-bond donors (Lipinski definition) is 0. The first-order valence-corrected chi connectivity index (χ1v) is 1.23. The van der Waals surface area contributed by atoms with Gasteiger partial charge in [0, 0.05) is 0 Å². The number of hydrogen-bond acceptors (Lipinski definition) is 2. The minimum atomic E-state index is -5.19. The van der Waals surface area contributed by atoms with Crippen LogP contribution in [-0.4, -0.2) is 12.1 Å². The molecule has 0 amide bonds. The molecule has 0 atom stereocenters. The molecule has 0 aromatic carbocycles. The average Bonchev–Trinajstić information content (AvgIpc) is 1.31. The summed E-state index contributed by atoms with van der Waals surface area (Å²) in [6, 6.07) is 0. The van der Waals surface area contributed by atoms with Crippen molar-refractivity contribution in [3.63, 3.8) is 0 Å². The normalized spacial score (nSPS) is 9.88. The van der Waals surface area contributed by atoms with E-state index in [1.165, 1.54) is 0 Å². The Morgan fingerprint density at radius 3 is 1.50 bits per heavy atom. The van der Waals surface area contributed by atoms with Gasteiger partial charge in [-0.15, -0.1) is 0 Å². The number of halogens is 3. The number of carbonyl (C=O) groups excluding carboxylic acids is 1. The van der Waals surface area contributed by atoms with E-state index in [1.54, 1.807) is 0 Å². The van der Waals surface area contributed by atoms with Crippen LogP contribution in [0.4, 0.5) is 13.2 Å². The minimum Gasteiger partial charge on any atom is -0.542 e. The van der Waals surface area contributed by atoms with Gasteiger partial charge in [0.1, 0.15) is 5.97 Å². The second kappa shape index (κ2) is 2.92. The molecule has 0 N–H and O–H groups in total. The molecular formula is C2F3NiO2+. The largest absolute Gasteiger partial charge is 2.00 e. The molecule has 0 aliphatic heterocycles. The van der Waals surface area contributed by atoms with Crippen LogP contribution in [0.25, 0.3) is 0 Å². The summed E-state index contributed by atoms with van der Waals surface area (Å²) >= 11 is 0. The van der Waals surface area contributed by atoms with Crippen LogP contribution in [0.5, 0.6) is 0 Å². The maximum Gasteiger partial charge on any atom is 2.00 e. The number of alkyl halides is 3. The summed E-state index contributed by atoms with van der Waals surface area (Å²) in [5.41, 5.74) is 0. The van der Waals surface area contributed by atoms with E-state index in [2.05, 4.69) is 0 Å². The molecule has 0 radical (unpaired) electrons. The molecule has 2 nitrogen and oxygen atoms in total. The fourth-order valence-corrected chi connectivity index (χ4v) is 0. The first-order valence-electron chi connectivity index (χ1n) is 1.23.